The van der Waals surface area contributed by atoms with Crippen molar-refractivity contribution in [3.8, 4) is 5.75 Å². The Bertz CT molecular complexity index is 966. The molecule has 29 heavy (non-hydrogen) atoms. The van der Waals surface area contributed by atoms with E-state index >= 15 is 0 Å². The SMILES string of the molecule is COc1ccc(CCNc2ccc(C(=O)Nc3ccc(C(C)=O)cc3)nc2)cc1. The average molecular weight is 389 g/mol. The molecule has 0 atom stereocenters. The first-order chi connectivity index (χ1) is 14.0. The van der Waals surface area contributed by atoms with E-state index in [0.29, 0.717) is 16.9 Å². The molecule has 1 aromatic heterocycles. The molecule has 2 N–H and O–H groups in total. The van der Waals surface area contributed by atoms with Crippen LogP contribution >= 0.6 is 0 Å². The summed E-state index contributed by atoms with van der Waals surface area (Å²) in [5.74, 6) is 0.527. The number of carbonyl (C=O) groups is 2. The molecule has 0 aliphatic heterocycles. The lowest BCUT2D eigenvalue weighted by atomic mass is 10.1. The first-order valence-electron chi connectivity index (χ1n) is 9.30. The van der Waals surface area contributed by atoms with Crippen LogP contribution < -0.4 is 15.4 Å². The van der Waals surface area contributed by atoms with E-state index in [1.54, 1.807) is 43.6 Å². The van der Waals surface area contributed by atoms with Gasteiger partial charge < -0.3 is 15.4 Å². The molecule has 0 spiro atoms. The Morgan fingerprint density at radius 2 is 1.62 bits per heavy atom. The third-order valence-corrected chi connectivity index (χ3v) is 4.45. The number of nitrogens with one attached hydrogen (secondary N) is 2. The second-order valence-corrected chi connectivity index (χ2v) is 6.54. The van der Waals surface area contributed by atoms with Gasteiger partial charge >= 0.3 is 0 Å². The zero-order valence-corrected chi connectivity index (χ0v) is 16.4. The van der Waals surface area contributed by atoms with Crippen LogP contribution in [-0.4, -0.2) is 30.3 Å². The highest BCUT2D eigenvalue weighted by molar-refractivity contribution is 6.03. The molecule has 0 radical (unpaired) electrons. The van der Waals surface area contributed by atoms with Crippen LogP contribution in [0.25, 0.3) is 0 Å². The summed E-state index contributed by atoms with van der Waals surface area (Å²) in [4.78, 5) is 27.9. The molecule has 1 amide bonds. The molecule has 0 saturated heterocycles. The summed E-state index contributed by atoms with van der Waals surface area (Å²) in [6.07, 6.45) is 2.50. The number of anilines is 2. The van der Waals surface area contributed by atoms with Crippen molar-refractivity contribution in [1.82, 2.24) is 4.98 Å². The summed E-state index contributed by atoms with van der Waals surface area (Å²) in [6.45, 7) is 2.26. The van der Waals surface area contributed by atoms with Crippen molar-refractivity contribution in [2.24, 2.45) is 0 Å². The Hall–Kier alpha value is -3.67. The molecule has 0 aliphatic rings. The maximum absolute atomic E-state index is 12.3. The van der Waals surface area contributed by atoms with Gasteiger partial charge in [0.05, 0.1) is 19.0 Å². The van der Waals surface area contributed by atoms with E-state index < -0.39 is 0 Å². The topological polar surface area (TPSA) is 80.3 Å². The zero-order valence-electron chi connectivity index (χ0n) is 16.4. The fourth-order valence-electron chi connectivity index (χ4n) is 2.76. The molecule has 0 fully saturated rings. The normalized spacial score (nSPS) is 10.3. The van der Waals surface area contributed by atoms with Gasteiger partial charge in [0.1, 0.15) is 11.4 Å². The maximum atomic E-state index is 12.3. The number of carbonyl (C=O) groups excluding carboxylic acids is 2. The Morgan fingerprint density at radius 3 is 2.21 bits per heavy atom. The number of ketones is 1. The molecule has 6 nitrogen and oxygen atoms in total. The number of hydrogen-bond donors (Lipinski definition) is 2. The fraction of sp³-hybridized carbons (Fsp3) is 0.174. The molecule has 0 aliphatic carbocycles. The van der Waals surface area contributed by atoms with Crippen LogP contribution in [-0.2, 0) is 6.42 Å². The minimum atomic E-state index is -0.301. The van der Waals surface area contributed by atoms with Crippen molar-refractivity contribution in [3.05, 3.63) is 83.7 Å². The molecule has 0 bridgehead atoms. The van der Waals surface area contributed by atoms with Gasteiger partial charge in [-0.25, -0.2) is 4.98 Å². The Balaban J connectivity index is 1.50. The number of pyridine rings is 1. The number of benzene rings is 2. The Kier molecular flexibility index (Phi) is 6.58. The largest absolute Gasteiger partial charge is 0.497 e. The van der Waals surface area contributed by atoms with E-state index in [-0.39, 0.29) is 11.7 Å². The number of Topliss-reactive ketones (excluding diaryl/α,β-unsaturated/α-hetero) is 1. The maximum Gasteiger partial charge on any atom is 0.274 e. The van der Waals surface area contributed by atoms with Crippen molar-refractivity contribution in [3.63, 3.8) is 0 Å². The lowest BCUT2D eigenvalue weighted by molar-refractivity contribution is 0.101. The van der Waals surface area contributed by atoms with Crippen molar-refractivity contribution in [1.29, 1.82) is 0 Å². The van der Waals surface area contributed by atoms with Gasteiger partial charge in [-0.05, 0) is 67.4 Å². The van der Waals surface area contributed by atoms with E-state index in [9.17, 15) is 9.59 Å². The van der Waals surface area contributed by atoms with Crippen LogP contribution in [0.3, 0.4) is 0 Å². The summed E-state index contributed by atoms with van der Waals surface area (Å²) >= 11 is 0. The van der Waals surface area contributed by atoms with Crippen LogP contribution in [0.5, 0.6) is 5.75 Å². The first-order valence-corrected chi connectivity index (χ1v) is 9.30. The minimum Gasteiger partial charge on any atom is -0.497 e. The summed E-state index contributed by atoms with van der Waals surface area (Å²) in [5, 5.41) is 6.07. The van der Waals surface area contributed by atoms with E-state index in [1.807, 2.05) is 30.3 Å². The van der Waals surface area contributed by atoms with Crippen LogP contribution in [0.1, 0.15) is 33.3 Å². The number of methoxy groups -OCH3 is 1. The Labute approximate surface area is 169 Å². The fourth-order valence-corrected chi connectivity index (χ4v) is 2.76. The molecule has 148 valence electrons. The minimum absolute atomic E-state index is 0.0142. The second-order valence-electron chi connectivity index (χ2n) is 6.54. The van der Waals surface area contributed by atoms with Crippen molar-refractivity contribution in [2.45, 2.75) is 13.3 Å². The molecule has 2 aromatic carbocycles. The van der Waals surface area contributed by atoms with Gasteiger partial charge in [-0.2, -0.15) is 0 Å². The van der Waals surface area contributed by atoms with Gasteiger partial charge in [-0.15, -0.1) is 0 Å². The number of nitrogens with zero attached hydrogens (tertiary/aromatic N) is 1. The molecule has 6 heteroatoms. The van der Waals surface area contributed by atoms with Gasteiger partial charge in [-0.1, -0.05) is 12.1 Å². The summed E-state index contributed by atoms with van der Waals surface area (Å²) in [7, 11) is 1.65. The molecule has 0 saturated carbocycles. The van der Waals surface area contributed by atoms with E-state index in [0.717, 1.165) is 24.4 Å². The summed E-state index contributed by atoms with van der Waals surface area (Å²) in [5.41, 5.74) is 3.59. The predicted octanol–water partition coefficient (Wildman–Crippen LogP) is 4.20. The Morgan fingerprint density at radius 1 is 0.931 bits per heavy atom. The smallest absolute Gasteiger partial charge is 0.274 e. The van der Waals surface area contributed by atoms with Gasteiger partial charge in [0.2, 0.25) is 0 Å². The molecular formula is C23H23N3O3. The summed E-state index contributed by atoms with van der Waals surface area (Å²) < 4.78 is 5.16. The van der Waals surface area contributed by atoms with E-state index in [2.05, 4.69) is 15.6 Å². The highest BCUT2D eigenvalue weighted by atomic mass is 16.5. The number of aromatic nitrogens is 1. The van der Waals surface area contributed by atoms with Crippen molar-refractivity contribution < 1.29 is 14.3 Å². The molecule has 3 aromatic rings. The van der Waals surface area contributed by atoms with Gasteiger partial charge in [-0.3, -0.25) is 9.59 Å². The quantitative estimate of drug-likeness (QED) is 0.565. The standard InChI is InChI=1S/C23H23N3O3/c1-16(27)18-5-7-19(8-6-18)26-23(28)22-12-9-20(15-25-22)24-14-13-17-3-10-21(29-2)11-4-17/h3-12,15,24H,13-14H2,1-2H3,(H,26,28). The van der Waals surface area contributed by atoms with E-state index in [1.165, 1.54) is 12.5 Å². The lowest BCUT2D eigenvalue weighted by Gasteiger charge is -2.08. The first kappa shape index (κ1) is 20.1. The molecule has 1 heterocycles. The number of ether oxygens (including phenoxy) is 1. The molecule has 3 rings (SSSR count). The van der Waals surface area contributed by atoms with Gasteiger partial charge in [0.15, 0.2) is 5.78 Å². The lowest BCUT2D eigenvalue weighted by Crippen LogP contribution is -2.14. The third-order valence-electron chi connectivity index (χ3n) is 4.45. The van der Waals surface area contributed by atoms with Gasteiger partial charge in [0.25, 0.3) is 5.91 Å². The zero-order chi connectivity index (χ0) is 20.6. The number of hydrogen-bond acceptors (Lipinski definition) is 5. The van der Waals surface area contributed by atoms with Crippen molar-refractivity contribution in [2.75, 3.05) is 24.3 Å². The van der Waals surface area contributed by atoms with Crippen molar-refractivity contribution >= 4 is 23.1 Å². The summed E-state index contributed by atoms with van der Waals surface area (Å²) in [6, 6.07) is 18.2. The highest BCUT2D eigenvalue weighted by Crippen LogP contribution is 2.14. The second kappa shape index (κ2) is 9.50. The van der Waals surface area contributed by atoms with Crippen LogP contribution in [0, 0.1) is 0 Å². The van der Waals surface area contributed by atoms with E-state index in [4.69, 9.17) is 4.74 Å². The van der Waals surface area contributed by atoms with Crippen LogP contribution in [0.15, 0.2) is 66.9 Å². The molecule has 0 unspecified atom stereocenters. The van der Waals surface area contributed by atoms with Gasteiger partial charge in [0, 0.05) is 17.8 Å². The third kappa shape index (κ3) is 5.65. The van der Waals surface area contributed by atoms with Crippen LogP contribution in [0.4, 0.5) is 11.4 Å². The predicted molar refractivity (Wildman–Crippen MR) is 114 cm³/mol. The highest BCUT2D eigenvalue weighted by Gasteiger charge is 2.08. The monoisotopic (exact) mass is 389 g/mol. The number of amides is 1. The average Bonchev–Trinajstić information content (AvgIpc) is 2.75. The molecular weight excluding hydrogens is 366 g/mol. The van der Waals surface area contributed by atoms with Crippen LogP contribution in [0.2, 0.25) is 0 Å². The number of rotatable bonds is 8.